The third-order valence-corrected chi connectivity index (χ3v) is 4.07. The summed E-state index contributed by atoms with van der Waals surface area (Å²) in [5.41, 5.74) is 1.26. The predicted octanol–water partition coefficient (Wildman–Crippen LogP) is 2.27. The first-order valence-electron chi connectivity index (χ1n) is 8.25. The highest BCUT2D eigenvalue weighted by molar-refractivity contribution is 6.05. The second-order valence-corrected chi connectivity index (χ2v) is 5.88. The topological polar surface area (TPSA) is 102 Å². The lowest BCUT2D eigenvalue weighted by Gasteiger charge is -2.27. The van der Waals surface area contributed by atoms with Crippen molar-refractivity contribution in [3.8, 4) is 0 Å². The van der Waals surface area contributed by atoms with E-state index in [-0.39, 0.29) is 23.5 Å². The summed E-state index contributed by atoms with van der Waals surface area (Å²) < 4.78 is 9.93. The van der Waals surface area contributed by atoms with Crippen LogP contribution in [0.25, 0.3) is 6.08 Å². The third kappa shape index (κ3) is 4.63. The smallest absolute Gasteiger partial charge is 0.337 e. The van der Waals surface area contributed by atoms with Gasteiger partial charge in [-0.1, -0.05) is 36.4 Å². The van der Waals surface area contributed by atoms with Gasteiger partial charge in [0.1, 0.15) is 12.5 Å². The molecule has 7 heteroatoms. The number of carbonyl (C=O) groups is 3. The summed E-state index contributed by atoms with van der Waals surface area (Å²) >= 11 is 0. The van der Waals surface area contributed by atoms with Gasteiger partial charge in [-0.3, -0.25) is 4.79 Å². The van der Waals surface area contributed by atoms with Crippen LogP contribution in [0, 0.1) is 5.92 Å². The Morgan fingerprint density at radius 3 is 2.33 bits per heavy atom. The van der Waals surface area contributed by atoms with Gasteiger partial charge in [0.25, 0.3) is 0 Å². The minimum absolute atomic E-state index is 0.0243. The Labute approximate surface area is 157 Å². The molecule has 0 aliphatic carbocycles. The van der Waals surface area contributed by atoms with Gasteiger partial charge in [0.2, 0.25) is 0 Å². The second kappa shape index (κ2) is 8.84. The van der Waals surface area contributed by atoms with Gasteiger partial charge in [-0.25, -0.2) is 9.59 Å². The summed E-state index contributed by atoms with van der Waals surface area (Å²) in [4.78, 5) is 36.3. The minimum atomic E-state index is -1.35. The van der Waals surface area contributed by atoms with Crippen LogP contribution in [0.5, 0.6) is 0 Å². The molecule has 1 aliphatic heterocycles. The molecule has 0 bridgehead atoms. The van der Waals surface area contributed by atoms with Crippen LogP contribution in [-0.4, -0.2) is 36.7 Å². The van der Waals surface area contributed by atoms with E-state index in [2.05, 4.69) is 5.32 Å². The van der Waals surface area contributed by atoms with Crippen molar-refractivity contribution in [1.82, 2.24) is 5.32 Å². The fourth-order valence-electron chi connectivity index (χ4n) is 2.85. The SMILES string of the molecule is COC(=O)C1C(C(=O)O)=C(C)NC(C)=C1C(=O)OCC=Cc1ccccc1. The average Bonchev–Trinajstić information content (AvgIpc) is 2.64. The number of aliphatic carboxylic acids is 1. The molecule has 7 nitrogen and oxygen atoms in total. The monoisotopic (exact) mass is 371 g/mol. The molecule has 0 amide bonds. The lowest BCUT2D eigenvalue weighted by Crippen LogP contribution is -2.37. The first-order valence-corrected chi connectivity index (χ1v) is 8.25. The Kier molecular flexibility index (Phi) is 6.54. The molecule has 0 saturated heterocycles. The molecule has 1 aliphatic rings. The van der Waals surface area contributed by atoms with Crippen LogP contribution in [0.3, 0.4) is 0 Å². The van der Waals surface area contributed by atoms with Gasteiger partial charge in [0.15, 0.2) is 0 Å². The highest BCUT2D eigenvalue weighted by atomic mass is 16.5. The van der Waals surface area contributed by atoms with Crippen LogP contribution >= 0.6 is 0 Å². The summed E-state index contributed by atoms with van der Waals surface area (Å²) in [6.07, 6.45) is 3.45. The summed E-state index contributed by atoms with van der Waals surface area (Å²) in [7, 11) is 1.14. The van der Waals surface area contributed by atoms with Crippen molar-refractivity contribution in [3.05, 3.63) is 64.5 Å². The zero-order chi connectivity index (χ0) is 20.0. The molecule has 2 rings (SSSR count). The molecule has 1 heterocycles. The molecule has 1 unspecified atom stereocenters. The zero-order valence-electron chi connectivity index (χ0n) is 15.3. The van der Waals surface area contributed by atoms with Crippen molar-refractivity contribution in [3.63, 3.8) is 0 Å². The largest absolute Gasteiger partial charge is 0.478 e. The van der Waals surface area contributed by atoms with Crippen LogP contribution in [0.4, 0.5) is 0 Å². The van der Waals surface area contributed by atoms with Gasteiger partial charge in [0, 0.05) is 11.4 Å². The Hall–Kier alpha value is -3.35. The molecular formula is C20H21NO6. The zero-order valence-corrected chi connectivity index (χ0v) is 15.3. The number of carbonyl (C=O) groups excluding carboxylic acids is 2. The normalized spacial score (nSPS) is 16.9. The van der Waals surface area contributed by atoms with E-state index in [1.165, 1.54) is 6.92 Å². The second-order valence-electron chi connectivity index (χ2n) is 5.88. The van der Waals surface area contributed by atoms with Crippen LogP contribution < -0.4 is 5.32 Å². The first kappa shape index (κ1) is 20.0. The predicted molar refractivity (Wildman–Crippen MR) is 98.1 cm³/mol. The number of methoxy groups -OCH3 is 1. The molecule has 1 aromatic rings. The molecule has 27 heavy (non-hydrogen) atoms. The van der Waals surface area contributed by atoms with Gasteiger partial charge < -0.3 is 19.9 Å². The van der Waals surface area contributed by atoms with Crippen molar-refractivity contribution >= 4 is 24.0 Å². The Bertz CT molecular complexity index is 835. The van der Waals surface area contributed by atoms with Crippen LogP contribution in [0.2, 0.25) is 0 Å². The molecular weight excluding hydrogens is 350 g/mol. The number of dihydropyridines is 1. The molecule has 142 valence electrons. The van der Waals surface area contributed by atoms with E-state index < -0.39 is 23.8 Å². The number of carboxylic acids is 1. The fourth-order valence-corrected chi connectivity index (χ4v) is 2.85. The van der Waals surface area contributed by atoms with Gasteiger partial charge in [-0.2, -0.15) is 0 Å². The number of hydrogen-bond acceptors (Lipinski definition) is 6. The van der Waals surface area contributed by atoms with Crippen molar-refractivity contribution in [1.29, 1.82) is 0 Å². The molecule has 2 N–H and O–H groups in total. The molecule has 0 fully saturated rings. The first-order chi connectivity index (χ1) is 12.9. The summed E-state index contributed by atoms with van der Waals surface area (Å²) in [6, 6.07) is 9.46. The Balaban J connectivity index is 2.19. The van der Waals surface area contributed by atoms with E-state index in [1.54, 1.807) is 19.1 Å². The molecule has 1 aromatic carbocycles. The van der Waals surface area contributed by atoms with Gasteiger partial charge >= 0.3 is 17.9 Å². The minimum Gasteiger partial charge on any atom is -0.478 e. The number of ether oxygens (including phenoxy) is 2. The van der Waals surface area contributed by atoms with E-state index in [0.717, 1.165) is 12.7 Å². The van der Waals surface area contributed by atoms with Crippen LogP contribution in [-0.2, 0) is 23.9 Å². The molecule has 0 aromatic heterocycles. The molecule has 1 atom stereocenters. The maximum Gasteiger partial charge on any atom is 0.337 e. The summed E-state index contributed by atoms with van der Waals surface area (Å²) in [5.74, 6) is -4.27. The lowest BCUT2D eigenvalue weighted by atomic mass is 9.85. The maximum absolute atomic E-state index is 12.5. The van der Waals surface area contributed by atoms with E-state index in [4.69, 9.17) is 9.47 Å². The number of nitrogens with one attached hydrogen (secondary N) is 1. The van der Waals surface area contributed by atoms with Crippen molar-refractivity contribution in [2.45, 2.75) is 13.8 Å². The van der Waals surface area contributed by atoms with Crippen LogP contribution in [0.1, 0.15) is 19.4 Å². The van der Waals surface area contributed by atoms with E-state index in [1.807, 2.05) is 30.3 Å². The summed E-state index contributed by atoms with van der Waals surface area (Å²) in [6.45, 7) is 3.07. The average molecular weight is 371 g/mol. The molecule has 0 spiro atoms. The fraction of sp³-hybridized carbons (Fsp3) is 0.250. The number of benzene rings is 1. The van der Waals surface area contributed by atoms with Crippen molar-refractivity contribution < 1.29 is 29.0 Å². The standard InChI is InChI=1S/C20H21NO6/c1-12-15(18(22)23)17(19(24)26-3)16(13(2)21-12)20(25)27-11-7-10-14-8-5-4-6-9-14/h4-10,17,21H,11H2,1-3H3,(H,22,23). The summed E-state index contributed by atoms with van der Waals surface area (Å²) in [5, 5.41) is 12.3. The third-order valence-electron chi connectivity index (χ3n) is 4.07. The quantitative estimate of drug-likeness (QED) is 0.740. The number of hydrogen-bond donors (Lipinski definition) is 2. The lowest BCUT2D eigenvalue weighted by molar-refractivity contribution is -0.148. The van der Waals surface area contributed by atoms with Crippen molar-refractivity contribution in [2.75, 3.05) is 13.7 Å². The van der Waals surface area contributed by atoms with Gasteiger partial charge in [-0.15, -0.1) is 0 Å². The Morgan fingerprint density at radius 1 is 1.11 bits per heavy atom. The number of esters is 2. The number of allylic oxidation sites excluding steroid dienone is 2. The Morgan fingerprint density at radius 2 is 1.74 bits per heavy atom. The molecule has 0 saturated carbocycles. The van der Waals surface area contributed by atoms with E-state index in [0.29, 0.717) is 5.70 Å². The van der Waals surface area contributed by atoms with Gasteiger partial charge in [-0.05, 0) is 25.5 Å². The van der Waals surface area contributed by atoms with Crippen molar-refractivity contribution in [2.24, 2.45) is 5.92 Å². The number of carboxylic acid groups (broad SMARTS) is 1. The molecule has 0 radical (unpaired) electrons. The highest BCUT2D eigenvalue weighted by Crippen LogP contribution is 2.31. The van der Waals surface area contributed by atoms with Gasteiger partial charge in [0.05, 0.1) is 18.3 Å². The number of rotatable bonds is 6. The maximum atomic E-state index is 12.5. The highest BCUT2D eigenvalue weighted by Gasteiger charge is 2.41. The van der Waals surface area contributed by atoms with E-state index >= 15 is 0 Å². The van der Waals surface area contributed by atoms with E-state index in [9.17, 15) is 19.5 Å². The van der Waals surface area contributed by atoms with Crippen LogP contribution in [0.15, 0.2) is 58.9 Å².